The van der Waals surface area contributed by atoms with Gasteiger partial charge in [-0.15, -0.1) is 0 Å². The number of carbonyl (C=O) groups is 1. The molecule has 98 valence electrons. The van der Waals surface area contributed by atoms with Gasteiger partial charge >= 0.3 is 0 Å². The lowest BCUT2D eigenvalue weighted by Crippen LogP contribution is -2.12. The first kappa shape index (κ1) is 12.9. The molecule has 0 aliphatic heterocycles. The van der Waals surface area contributed by atoms with Gasteiger partial charge in [-0.25, -0.2) is 4.39 Å². The highest BCUT2D eigenvalue weighted by Crippen LogP contribution is 2.25. The molecule has 0 fully saturated rings. The fourth-order valence-corrected chi connectivity index (χ4v) is 1.61. The number of hydrogen-bond donors (Lipinski definition) is 2. The number of amides is 1. The summed E-state index contributed by atoms with van der Waals surface area (Å²) in [5, 5.41) is 2.59. The number of carbonyl (C=O) groups excluding carboxylic acids is 1. The predicted octanol–water partition coefficient (Wildman–Crippen LogP) is 2.67. The summed E-state index contributed by atoms with van der Waals surface area (Å²) in [5.74, 6) is -0.414. The van der Waals surface area contributed by atoms with Crippen LogP contribution in [0.25, 0.3) is 0 Å². The van der Waals surface area contributed by atoms with Gasteiger partial charge in [-0.2, -0.15) is 0 Å². The number of benzene rings is 2. The minimum absolute atomic E-state index is 0.282. The zero-order valence-electron chi connectivity index (χ0n) is 10.3. The maximum atomic E-state index is 13.2. The molecule has 0 unspecified atom stereocenters. The topological polar surface area (TPSA) is 64.3 Å². The highest BCUT2D eigenvalue weighted by molar-refractivity contribution is 6.05. The Bertz CT molecular complexity index is 597. The molecule has 19 heavy (non-hydrogen) atoms. The van der Waals surface area contributed by atoms with Gasteiger partial charge in [-0.1, -0.05) is 0 Å². The molecule has 2 aromatic rings. The van der Waals surface area contributed by atoms with Crippen molar-refractivity contribution in [2.45, 2.75) is 0 Å². The van der Waals surface area contributed by atoms with E-state index >= 15 is 0 Å². The summed E-state index contributed by atoms with van der Waals surface area (Å²) in [5.41, 5.74) is 6.83. The highest BCUT2D eigenvalue weighted by Gasteiger charge is 2.10. The molecule has 3 N–H and O–H groups in total. The van der Waals surface area contributed by atoms with Crippen molar-refractivity contribution in [1.82, 2.24) is 0 Å². The first-order valence-corrected chi connectivity index (χ1v) is 5.60. The van der Waals surface area contributed by atoms with Crippen molar-refractivity contribution in [3.63, 3.8) is 0 Å². The minimum Gasteiger partial charge on any atom is -0.495 e. The number of nitrogens with one attached hydrogen (secondary N) is 1. The molecule has 5 heteroatoms. The van der Waals surface area contributed by atoms with Crippen LogP contribution in [0.2, 0.25) is 0 Å². The molecule has 1 amide bonds. The summed E-state index contributed by atoms with van der Waals surface area (Å²) in [4.78, 5) is 12.0. The van der Waals surface area contributed by atoms with E-state index in [1.807, 2.05) is 0 Å². The summed E-state index contributed by atoms with van der Waals surface area (Å²) in [6, 6.07) is 10.3. The fourth-order valence-electron chi connectivity index (χ4n) is 1.61. The number of halogens is 1. The van der Waals surface area contributed by atoms with E-state index in [9.17, 15) is 9.18 Å². The monoisotopic (exact) mass is 260 g/mol. The Hall–Kier alpha value is -2.56. The highest BCUT2D eigenvalue weighted by atomic mass is 19.1. The van der Waals surface area contributed by atoms with Crippen molar-refractivity contribution in [3.05, 3.63) is 53.8 Å². The van der Waals surface area contributed by atoms with E-state index in [-0.39, 0.29) is 11.6 Å². The Morgan fingerprint density at radius 1 is 1.21 bits per heavy atom. The van der Waals surface area contributed by atoms with Crippen LogP contribution in [-0.4, -0.2) is 13.0 Å². The maximum absolute atomic E-state index is 13.2. The summed E-state index contributed by atoms with van der Waals surface area (Å²) in [7, 11) is 1.45. The number of nitrogen functional groups attached to an aromatic ring is 1. The van der Waals surface area contributed by atoms with Crippen LogP contribution in [0.5, 0.6) is 5.75 Å². The summed E-state index contributed by atoms with van der Waals surface area (Å²) in [6.45, 7) is 0. The van der Waals surface area contributed by atoms with Crippen molar-refractivity contribution < 1.29 is 13.9 Å². The van der Waals surface area contributed by atoms with Crippen molar-refractivity contribution in [2.24, 2.45) is 0 Å². The van der Waals surface area contributed by atoms with E-state index in [1.165, 1.54) is 25.3 Å². The molecule has 0 radical (unpaired) electrons. The molecule has 4 nitrogen and oxygen atoms in total. The summed E-state index contributed by atoms with van der Waals surface area (Å²) < 4.78 is 18.2. The van der Waals surface area contributed by atoms with E-state index in [1.54, 1.807) is 24.3 Å². The molecule has 0 saturated carbocycles. The molecule has 0 saturated heterocycles. The van der Waals surface area contributed by atoms with Crippen LogP contribution in [-0.2, 0) is 0 Å². The van der Waals surface area contributed by atoms with Crippen LogP contribution in [0.15, 0.2) is 42.5 Å². The Balaban J connectivity index is 2.23. The smallest absolute Gasteiger partial charge is 0.255 e. The molecule has 2 aromatic carbocycles. The van der Waals surface area contributed by atoms with E-state index in [0.717, 1.165) is 0 Å². The lowest BCUT2D eigenvalue weighted by atomic mass is 10.2. The van der Waals surface area contributed by atoms with Gasteiger partial charge in [-0.3, -0.25) is 4.79 Å². The van der Waals surface area contributed by atoms with Crippen LogP contribution < -0.4 is 15.8 Å². The zero-order valence-corrected chi connectivity index (χ0v) is 10.3. The van der Waals surface area contributed by atoms with Gasteiger partial charge in [-0.05, 0) is 36.4 Å². The van der Waals surface area contributed by atoms with Crippen LogP contribution in [0.1, 0.15) is 10.4 Å². The van der Waals surface area contributed by atoms with Crippen LogP contribution in [0.3, 0.4) is 0 Å². The predicted molar refractivity (Wildman–Crippen MR) is 71.8 cm³/mol. The normalized spacial score (nSPS) is 10.0. The van der Waals surface area contributed by atoms with Crippen molar-refractivity contribution in [2.75, 3.05) is 18.2 Å². The van der Waals surface area contributed by atoms with Gasteiger partial charge in [0.15, 0.2) is 0 Å². The number of methoxy groups -OCH3 is 1. The van der Waals surface area contributed by atoms with Gasteiger partial charge in [0, 0.05) is 17.3 Å². The summed E-state index contributed by atoms with van der Waals surface area (Å²) >= 11 is 0. The molecule has 0 aromatic heterocycles. The lowest BCUT2D eigenvalue weighted by molar-refractivity contribution is 0.102. The number of hydrogen-bond acceptors (Lipinski definition) is 3. The molecule has 0 aliphatic carbocycles. The number of rotatable bonds is 3. The lowest BCUT2D eigenvalue weighted by Gasteiger charge is -2.10. The third-order valence-electron chi connectivity index (χ3n) is 2.58. The molecule has 2 rings (SSSR count). The third-order valence-corrected chi connectivity index (χ3v) is 2.58. The number of nitrogens with two attached hydrogens (primary N) is 1. The molecule has 0 spiro atoms. The van der Waals surface area contributed by atoms with Gasteiger partial charge in [0.05, 0.1) is 12.8 Å². The second-order valence-corrected chi connectivity index (χ2v) is 3.92. The zero-order chi connectivity index (χ0) is 13.8. The van der Waals surface area contributed by atoms with E-state index < -0.39 is 5.82 Å². The van der Waals surface area contributed by atoms with E-state index in [4.69, 9.17) is 10.5 Å². The first-order valence-electron chi connectivity index (χ1n) is 5.60. The molecule has 0 heterocycles. The maximum Gasteiger partial charge on any atom is 0.255 e. The Kier molecular flexibility index (Phi) is 3.66. The Morgan fingerprint density at radius 2 is 1.89 bits per heavy atom. The Morgan fingerprint density at radius 3 is 2.53 bits per heavy atom. The first-order chi connectivity index (χ1) is 9.10. The van der Waals surface area contributed by atoms with Crippen molar-refractivity contribution >= 4 is 17.3 Å². The van der Waals surface area contributed by atoms with Gasteiger partial charge in [0.25, 0.3) is 5.91 Å². The second-order valence-electron chi connectivity index (χ2n) is 3.92. The second kappa shape index (κ2) is 5.39. The van der Waals surface area contributed by atoms with Crippen LogP contribution >= 0.6 is 0 Å². The van der Waals surface area contributed by atoms with Crippen molar-refractivity contribution in [3.8, 4) is 5.75 Å². The van der Waals surface area contributed by atoms with Crippen LogP contribution in [0.4, 0.5) is 15.8 Å². The van der Waals surface area contributed by atoms with Crippen molar-refractivity contribution in [1.29, 1.82) is 0 Å². The molecule has 0 aliphatic rings. The van der Waals surface area contributed by atoms with Crippen LogP contribution in [0, 0.1) is 5.82 Å². The fraction of sp³-hybridized carbons (Fsp3) is 0.0714. The van der Waals surface area contributed by atoms with E-state index in [0.29, 0.717) is 17.0 Å². The third kappa shape index (κ3) is 3.01. The van der Waals surface area contributed by atoms with Gasteiger partial charge < -0.3 is 15.8 Å². The number of ether oxygens (including phenoxy) is 1. The minimum atomic E-state index is -0.451. The standard InChI is InChI=1S/C14H13FN2O2/c1-19-13-7-4-10(15)8-12(13)17-14(18)9-2-5-11(16)6-3-9/h2-8H,16H2,1H3,(H,17,18). The molecular formula is C14H13FN2O2. The SMILES string of the molecule is COc1ccc(F)cc1NC(=O)c1ccc(N)cc1. The molecule has 0 bridgehead atoms. The van der Waals surface area contributed by atoms with E-state index in [2.05, 4.69) is 5.32 Å². The summed E-state index contributed by atoms with van der Waals surface area (Å²) in [6.07, 6.45) is 0. The Labute approximate surface area is 110 Å². The quantitative estimate of drug-likeness (QED) is 0.834. The molecule has 0 atom stereocenters. The van der Waals surface area contributed by atoms with Gasteiger partial charge in [0.1, 0.15) is 11.6 Å². The van der Waals surface area contributed by atoms with Gasteiger partial charge in [0.2, 0.25) is 0 Å². The molecular weight excluding hydrogens is 247 g/mol. The average molecular weight is 260 g/mol. The largest absolute Gasteiger partial charge is 0.495 e. The number of anilines is 2. The average Bonchev–Trinajstić information content (AvgIpc) is 2.39.